The van der Waals surface area contributed by atoms with E-state index in [0.717, 1.165) is 73.2 Å². The highest BCUT2D eigenvalue weighted by atomic mass is 16.6. The van der Waals surface area contributed by atoms with E-state index in [0.29, 0.717) is 24.8 Å². The molecule has 2 aromatic rings. The minimum atomic E-state index is -0.515. The van der Waals surface area contributed by atoms with Gasteiger partial charge in [-0.2, -0.15) is 5.26 Å². The highest BCUT2D eigenvalue weighted by Gasteiger charge is 2.40. The van der Waals surface area contributed by atoms with Crippen molar-refractivity contribution in [1.29, 1.82) is 5.26 Å². The van der Waals surface area contributed by atoms with Crippen LogP contribution in [0.4, 0.5) is 16.3 Å². The van der Waals surface area contributed by atoms with Gasteiger partial charge in [0.1, 0.15) is 23.5 Å². The minimum absolute atomic E-state index is 0.0485. The van der Waals surface area contributed by atoms with Crippen molar-refractivity contribution in [2.45, 2.75) is 115 Å². The van der Waals surface area contributed by atoms with Gasteiger partial charge in [0.05, 0.1) is 30.0 Å². The highest BCUT2D eigenvalue weighted by Crippen LogP contribution is 2.51. The van der Waals surface area contributed by atoms with Gasteiger partial charge in [0, 0.05) is 29.8 Å². The number of carbonyl (C=O) groups is 1. The Balaban J connectivity index is 1.43. The second kappa shape index (κ2) is 10.8. The van der Waals surface area contributed by atoms with Gasteiger partial charge in [-0.1, -0.05) is 13.8 Å². The molecule has 0 bridgehead atoms. The molecule has 0 saturated heterocycles. The third kappa shape index (κ3) is 5.96. The Labute approximate surface area is 237 Å². The predicted molar refractivity (Wildman–Crippen MR) is 155 cm³/mol. The molecule has 1 amide bonds. The van der Waals surface area contributed by atoms with Crippen LogP contribution >= 0.6 is 0 Å². The second-order valence-corrected chi connectivity index (χ2v) is 13.1. The predicted octanol–water partition coefficient (Wildman–Crippen LogP) is 5.66. The summed E-state index contributed by atoms with van der Waals surface area (Å²) in [4.78, 5) is 23.7. The zero-order chi connectivity index (χ0) is 28.7. The molecule has 3 N–H and O–H groups in total. The Bertz CT molecular complexity index is 1300. The van der Waals surface area contributed by atoms with E-state index in [1.807, 2.05) is 20.8 Å². The van der Waals surface area contributed by atoms with Gasteiger partial charge in [0.2, 0.25) is 0 Å². The van der Waals surface area contributed by atoms with Gasteiger partial charge in [-0.05, 0) is 88.8 Å². The van der Waals surface area contributed by atoms with Gasteiger partial charge in [0.15, 0.2) is 0 Å². The molecule has 5 rings (SSSR count). The van der Waals surface area contributed by atoms with Crippen LogP contribution in [0.25, 0.3) is 11.3 Å². The molecular formula is C31H42N6O3. The molecule has 9 nitrogen and oxygen atoms in total. The first kappa shape index (κ1) is 28.0. The van der Waals surface area contributed by atoms with E-state index in [4.69, 9.17) is 20.2 Å². The normalized spacial score (nSPS) is 21.4. The largest absolute Gasteiger partial charge is 0.488 e. The van der Waals surface area contributed by atoms with E-state index >= 15 is 0 Å². The quantitative estimate of drug-likeness (QED) is 0.456. The van der Waals surface area contributed by atoms with Crippen LogP contribution in [-0.4, -0.2) is 46.4 Å². The number of alkyl carbamates (subject to hydrolysis) is 1. The maximum absolute atomic E-state index is 12.3. The summed E-state index contributed by atoms with van der Waals surface area (Å²) in [6.07, 6.45) is 8.05. The third-order valence-corrected chi connectivity index (χ3v) is 8.10. The number of hydrogen-bond donors (Lipinski definition) is 2. The van der Waals surface area contributed by atoms with E-state index in [1.54, 1.807) is 6.33 Å². The van der Waals surface area contributed by atoms with Gasteiger partial charge in [-0.25, -0.2) is 14.8 Å². The SMILES string of the molecule is CC(C)(C)OC(=O)N[C@H]1CC[C@H](Oc2ccc3c(c2N(CCC#N)C2CC2)CC(C)(C)c2c(N)ncnc2-3)CC1. The number of nitrogen functional groups attached to an aromatic ring is 1. The minimum Gasteiger partial charge on any atom is -0.488 e. The average Bonchev–Trinajstić information content (AvgIpc) is 3.70. The van der Waals surface area contributed by atoms with Crippen molar-refractivity contribution in [3.05, 3.63) is 29.6 Å². The zero-order valence-electron chi connectivity index (χ0n) is 24.4. The number of fused-ring (bicyclic) bond motifs is 3. The van der Waals surface area contributed by atoms with Crippen LogP contribution < -0.4 is 20.7 Å². The smallest absolute Gasteiger partial charge is 0.407 e. The maximum atomic E-state index is 12.3. The van der Waals surface area contributed by atoms with Crippen LogP contribution in [0.15, 0.2) is 18.5 Å². The van der Waals surface area contributed by atoms with E-state index in [1.165, 1.54) is 5.56 Å². The van der Waals surface area contributed by atoms with Crippen LogP contribution in [0.2, 0.25) is 0 Å². The summed E-state index contributed by atoms with van der Waals surface area (Å²) < 4.78 is 12.2. The van der Waals surface area contributed by atoms with E-state index in [2.05, 4.69) is 47.3 Å². The first-order valence-electron chi connectivity index (χ1n) is 14.5. The first-order chi connectivity index (χ1) is 19.0. The lowest BCUT2D eigenvalue weighted by Crippen LogP contribution is -2.42. The van der Waals surface area contributed by atoms with Gasteiger partial charge in [-0.3, -0.25) is 0 Å². The zero-order valence-corrected chi connectivity index (χ0v) is 24.4. The molecule has 1 aromatic heterocycles. The van der Waals surface area contributed by atoms with Crippen LogP contribution in [0.1, 0.15) is 90.7 Å². The molecule has 0 radical (unpaired) electrons. The number of nitrogens with zero attached hydrogens (tertiary/aromatic N) is 4. The number of amides is 1. The Kier molecular flexibility index (Phi) is 7.56. The number of benzene rings is 1. The molecule has 2 fully saturated rings. The summed E-state index contributed by atoms with van der Waals surface area (Å²) in [6.45, 7) is 10.7. The second-order valence-electron chi connectivity index (χ2n) is 13.1. The molecule has 0 unspecified atom stereocenters. The summed E-state index contributed by atoms with van der Waals surface area (Å²) in [7, 11) is 0. The van der Waals surface area contributed by atoms with Crippen molar-refractivity contribution < 1.29 is 14.3 Å². The number of ether oxygens (including phenoxy) is 2. The monoisotopic (exact) mass is 546 g/mol. The van der Waals surface area contributed by atoms with Crippen molar-refractivity contribution in [1.82, 2.24) is 15.3 Å². The van der Waals surface area contributed by atoms with Crippen molar-refractivity contribution in [2.75, 3.05) is 17.2 Å². The van der Waals surface area contributed by atoms with E-state index < -0.39 is 5.60 Å². The molecule has 0 spiro atoms. The summed E-state index contributed by atoms with van der Waals surface area (Å²) >= 11 is 0. The van der Waals surface area contributed by atoms with Crippen molar-refractivity contribution in [3.8, 4) is 23.1 Å². The Morgan fingerprint density at radius 3 is 2.55 bits per heavy atom. The lowest BCUT2D eigenvalue weighted by atomic mass is 9.71. The molecular weight excluding hydrogens is 504 g/mol. The number of nitrogens with two attached hydrogens (primary N) is 1. The molecule has 214 valence electrons. The fourth-order valence-corrected chi connectivity index (χ4v) is 6.24. The van der Waals surface area contributed by atoms with Crippen molar-refractivity contribution >= 4 is 17.6 Å². The van der Waals surface area contributed by atoms with Crippen molar-refractivity contribution in [3.63, 3.8) is 0 Å². The number of nitrogens with one attached hydrogen (secondary N) is 1. The number of nitriles is 1. The summed E-state index contributed by atoms with van der Waals surface area (Å²) in [5.41, 5.74) is 10.8. The molecule has 1 aromatic carbocycles. The number of aromatic nitrogens is 2. The van der Waals surface area contributed by atoms with Crippen molar-refractivity contribution in [2.24, 2.45) is 0 Å². The number of hydrogen-bond acceptors (Lipinski definition) is 8. The van der Waals surface area contributed by atoms with E-state index in [-0.39, 0.29) is 23.7 Å². The van der Waals surface area contributed by atoms with Gasteiger partial charge in [-0.15, -0.1) is 0 Å². The fourth-order valence-electron chi connectivity index (χ4n) is 6.24. The first-order valence-corrected chi connectivity index (χ1v) is 14.5. The third-order valence-electron chi connectivity index (χ3n) is 8.10. The topological polar surface area (TPSA) is 126 Å². The lowest BCUT2D eigenvalue weighted by molar-refractivity contribution is 0.0471. The van der Waals surface area contributed by atoms with Gasteiger partial charge < -0.3 is 25.4 Å². The van der Waals surface area contributed by atoms with Crippen LogP contribution in [0.5, 0.6) is 5.75 Å². The molecule has 3 aliphatic carbocycles. The summed E-state index contributed by atoms with van der Waals surface area (Å²) in [6, 6.07) is 7.02. The fraction of sp³-hybridized carbons (Fsp3) is 0.613. The summed E-state index contributed by atoms with van der Waals surface area (Å²) in [5.74, 6) is 1.40. The van der Waals surface area contributed by atoms with Crippen LogP contribution in [0, 0.1) is 11.3 Å². The van der Waals surface area contributed by atoms with Gasteiger partial charge >= 0.3 is 6.09 Å². The van der Waals surface area contributed by atoms with Crippen LogP contribution in [0.3, 0.4) is 0 Å². The molecule has 9 heteroatoms. The average molecular weight is 547 g/mol. The molecule has 3 aliphatic rings. The number of rotatable bonds is 7. The Morgan fingerprint density at radius 1 is 1.18 bits per heavy atom. The lowest BCUT2D eigenvalue weighted by Gasteiger charge is -2.38. The maximum Gasteiger partial charge on any atom is 0.407 e. The highest BCUT2D eigenvalue weighted by molar-refractivity contribution is 5.83. The molecule has 0 aliphatic heterocycles. The number of carbonyl (C=O) groups excluding carboxylic acids is 1. The standard InChI is InChI=1S/C31H42N6O3/c1-30(2,3)40-29(38)36-19-7-11-21(12-8-19)39-24-14-13-22-23(27(24)37(16-6-15-32)20-9-10-20)17-31(4,5)25-26(22)34-18-35-28(25)33/h13-14,18-21H,6-12,16-17H2,1-5H3,(H,36,38)(H2,33,34,35)/t19-,21-. The molecule has 1 heterocycles. The van der Waals surface area contributed by atoms with Crippen LogP contribution in [-0.2, 0) is 16.6 Å². The molecule has 0 atom stereocenters. The Hall–Kier alpha value is -3.54. The molecule has 40 heavy (non-hydrogen) atoms. The Morgan fingerprint density at radius 2 is 1.90 bits per heavy atom. The van der Waals surface area contributed by atoms with Gasteiger partial charge in [0.25, 0.3) is 0 Å². The van der Waals surface area contributed by atoms with E-state index in [9.17, 15) is 10.1 Å². The number of anilines is 2. The summed E-state index contributed by atoms with van der Waals surface area (Å²) in [5, 5.41) is 12.5. The molecule has 2 saturated carbocycles.